The van der Waals surface area contributed by atoms with Crippen molar-refractivity contribution in [2.24, 2.45) is 0 Å². The van der Waals surface area contributed by atoms with Crippen molar-refractivity contribution >= 4 is 39.8 Å². The van der Waals surface area contributed by atoms with Crippen molar-refractivity contribution in [2.45, 2.75) is 0 Å². The molecule has 0 fully saturated rings. The molecule has 158 valence electrons. The number of nitrogens with one attached hydrogen (secondary N) is 2. The highest BCUT2D eigenvalue weighted by atomic mass is 15.4. The number of imidazole rings is 1. The van der Waals surface area contributed by atoms with Gasteiger partial charge in [-0.2, -0.15) is 24.7 Å². The number of rotatable bonds is 5. The molecule has 3 aromatic carbocycles. The Balaban J connectivity index is 1.55. The first-order chi connectivity index (χ1) is 16.3. The second-order valence-corrected chi connectivity index (χ2v) is 7.33. The average Bonchev–Trinajstić information content (AvgIpc) is 3.49. The topological polar surface area (TPSA) is 110 Å². The third-order valence-electron chi connectivity index (χ3n) is 5.31. The smallest absolute Gasteiger partial charge is 0.257 e. The maximum Gasteiger partial charge on any atom is 0.257 e. The number of para-hydroxylation sites is 4. The molecule has 0 spiro atoms. The van der Waals surface area contributed by atoms with Gasteiger partial charge in [0, 0.05) is 22.9 Å². The highest BCUT2D eigenvalue weighted by Crippen LogP contribution is 2.22. The van der Waals surface area contributed by atoms with Crippen LogP contribution in [0.15, 0.2) is 85.3 Å². The predicted molar refractivity (Wildman–Crippen MR) is 127 cm³/mol. The van der Waals surface area contributed by atoms with Crippen molar-refractivity contribution in [2.75, 3.05) is 5.32 Å². The van der Waals surface area contributed by atoms with E-state index in [0.29, 0.717) is 17.8 Å². The molecule has 0 unspecified atom stereocenters. The Morgan fingerprint density at radius 2 is 1.55 bits per heavy atom. The van der Waals surface area contributed by atoms with Gasteiger partial charge in [-0.25, -0.2) is 4.98 Å². The Hall–Kier alpha value is -4.92. The van der Waals surface area contributed by atoms with Gasteiger partial charge in [0.2, 0.25) is 11.9 Å². The molecular weight excluding hydrogens is 414 g/mol. The summed E-state index contributed by atoms with van der Waals surface area (Å²) in [5.74, 6) is 1.11. The third-order valence-corrected chi connectivity index (χ3v) is 5.31. The number of fused-ring (bicyclic) bond motifs is 2. The summed E-state index contributed by atoms with van der Waals surface area (Å²) in [6, 6.07) is 23.2. The molecule has 3 aromatic heterocycles. The van der Waals surface area contributed by atoms with Gasteiger partial charge in [0.05, 0.1) is 22.7 Å². The first kappa shape index (κ1) is 18.8. The zero-order valence-corrected chi connectivity index (χ0v) is 17.3. The van der Waals surface area contributed by atoms with Crippen LogP contribution in [-0.4, -0.2) is 40.5 Å². The number of anilines is 2. The van der Waals surface area contributed by atoms with Gasteiger partial charge in [-0.1, -0.05) is 48.5 Å². The van der Waals surface area contributed by atoms with E-state index >= 15 is 0 Å². The van der Waals surface area contributed by atoms with Crippen LogP contribution in [0, 0.1) is 5.41 Å². The highest BCUT2D eigenvalue weighted by molar-refractivity contribution is 5.87. The van der Waals surface area contributed by atoms with Crippen molar-refractivity contribution in [3.63, 3.8) is 0 Å². The maximum atomic E-state index is 7.70. The van der Waals surface area contributed by atoms with E-state index in [1.165, 1.54) is 6.21 Å². The second kappa shape index (κ2) is 7.65. The quantitative estimate of drug-likeness (QED) is 0.394. The molecule has 0 amide bonds. The molecule has 0 bridgehead atoms. The van der Waals surface area contributed by atoms with Crippen LogP contribution in [0.25, 0.3) is 33.8 Å². The number of hydrogen-bond donors (Lipinski definition) is 2. The average molecular weight is 431 g/mol. The van der Waals surface area contributed by atoms with Crippen molar-refractivity contribution in [3.05, 3.63) is 90.9 Å². The number of nitrogens with zero attached hydrogens (tertiary/aromatic N) is 7. The zero-order valence-electron chi connectivity index (χ0n) is 17.3. The van der Waals surface area contributed by atoms with E-state index in [9.17, 15) is 0 Å². The predicted octanol–water partition coefficient (Wildman–Crippen LogP) is 4.29. The van der Waals surface area contributed by atoms with Gasteiger partial charge >= 0.3 is 0 Å². The summed E-state index contributed by atoms with van der Waals surface area (Å²) in [6.45, 7) is 0. The normalized spacial score (nSPS) is 11.2. The summed E-state index contributed by atoms with van der Waals surface area (Å²) >= 11 is 0. The Kier molecular flexibility index (Phi) is 4.36. The van der Waals surface area contributed by atoms with E-state index in [1.807, 2.05) is 77.4 Å². The maximum absolute atomic E-state index is 7.70. The minimum atomic E-state index is 0.335. The lowest BCUT2D eigenvalue weighted by molar-refractivity contribution is 0.799. The molecule has 0 atom stereocenters. The van der Waals surface area contributed by atoms with Gasteiger partial charge in [0.15, 0.2) is 0 Å². The van der Waals surface area contributed by atoms with Crippen LogP contribution in [0.1, 0.15) is 5.56 Å². The molecule has 33 heavy (non-hydrogen) atoms. The Bertz CT molecular complexity index is 1540. The molecule has 0 aliphatic rings. The minimum absolute atomic E-state index is 0.335. The highest BCUT2D eigenvalue weighted by Gasteiger charge is 2.15. The summed E-state index contributed by atoms with van der Waals surface area (Å²) in [6.07, 6.45) is 4.76. The zero-order chi connectivity index (χ0) is 22.2. The SMILES string of the molecule is N=Cc1ccccc1Nc1nc(-n2cnc3ccccc32)nc(-n2ncc3ccccc32)n1. The molecule has 9 nitrogen and oxygen atoms in total. The van der Waals surface area contributed by atoms with Crippen LogP contribution in [0.2, 0.25) is 0 Å². The minimum Gasteiger partial charge on any atom is -0.323 e. The summed E-state index contributed by atoms with van der Waals surface area (Å²) in [4.78, 5) is 18.5. The molecule has 0 saturated carbocycles. The van der Waals surface area contributed by atoms with Crippen LogP contribution in [0.4, 0.5) is 11.6 Å². The van der Waals surface area contributed by atoms with Crippen LogP contribution in [0.3, 0.4) is 0 Å². The molecule has 6 rings (SSSR count). The lowest BCUT2D eigenvalue weighted by Crippen LogP contribution is -2.12. The van der Waals surface area contributed by atoms with Gasteiger partial charge in [0.25, 0.3) is 5.95 Å². The number of hydrogen-bond acceptors (Lipinski definition) is 7. The van der Waals surface area contributed by atoms with Gasteiger partial charge in [-0.3, -0.25) is 4.57 Å². The first-order valence-electron chi connectivity index (χ1n) is 10.3. The monoisotopic (exact) mass is 431 g/mol. The van der Waals surface area contributed by atoms with Crippen LogP contribution in [0.5, 0.6) is 0 Å². The molecule has 6 aromatic rings. The summed E-state index contributed by atoms with van der Waals surface area (Å²) in [5, 5.41) is 16.4. The molecule has 0 aliphatic heterocycles. The molecule has 3 heterocycles. The van der Waals surface area contributed by atoms with Gasteiger partial charge in [0.1, 0.15) is 6.33 Å². The van der Waals surface area contributed by atoms with Crippen molar-refractivity contribution < 1.29 is 0 Å². The fraction of sp³-hybridized carbons (Fsp3) is 0. The molecule has 0 saturated heterocycles. The van der Waals surface area contributed by atoms with Crippen LogP contribution < -0.4 is 5.32 Å². The Labute approximate surface area is 187 Å². The van der Waals surface area contributed by atoms with Gasteiger partial charge < -0.3 is 10.7 Å². The number of aromatic nitrogens is 7. The fourth-order valence-electron chi connectivity index (χ4n) is 3.72. The lowest BCUT2D eigenvalue weighted by atomic mass is 10.2. The first-order valence-corrected chi connectivity index (χ1v) is 10.3. The van der Waals surface area contributed by atoms with Gasteiger partial charge in [-0.15, -0.1) is 0 Å². The van der Waals surface area contributed by atoms with E-state index in [1.54, 1.807) is 17.2 Å². The van der Waals surface area contributed by atoms with E-state index < -0.39 is 0 Å². The molecule has 9 heteroatoms. The second-order valence-electron chi connectivity index (χ2n) is 7.33. The van der Waals surface area contributed by atoms with Crippen molar-refractivity contribution in [3.8, 4) is 11.9 Å². The summed E-state index contributed by atoms with van der Waals surface area (Å²) < 4.78 is 3.51. The number of benzene rings is 3. The van der Waals surface area contributed by atoms with E-state index in [-0.39, 0.29) is 0 Å². The molecule has 2 N–H and O–H groups in total. The molecule has 0 radical (unpaired) electrons. The molecule has 0 aliphatic carbocycles. The van der Waals surface area contributed by atoms with E-state index in [4.69, 9.17) is 10.4 Å². The standard InChI is InChI=1S/C24H17N9/c25-13-16-7-1-3-9-18(16)28-22-29-23(32-15-26-19-10-4-6-12-21(19)32)31-24(30-22)33-20-11-5-2-8-17(20)14-27-33/h1-15,25H,(H,28,29,30,31). The Morgan fingerprint density at radius 3 is 2.45 bits per heavy atom. The largest absolute Gasteiger partial charge is 0.323 e. The summed E-state index contributed by atoms with van der Waals surface area (Å²) in [5.41, 5.74) is 4.05. The van der Waals surface area contributed by atoms with E-state index in [0.717, 1.165) is 33.2 Å². The Morgan fingerprint density at radius 1 is 0.788 bits per heavy atom. The van der Waals surface area contributed by atoms with Crippen molar-refractivity contribution in [1.29, 1.82) is 5.41 Å². The third kappa shape index (κ3) is 3.28. The molecular formula is C24H17N9. The van der Waals surface area contributed by atoms with Crippen LogP contribution >= 0.6 is 0 Å². The summed E-state index contributed by atoms with van der Waals surface area (Å²) in [7, 11) is 0. The fourth-order valence-corrected chi connectivity index (χ4v) is 3.72. The van der Waals surface area contributed by atoms with Crippen LogP contribution in [-0.2, 0) is 0 Å². The van der Waals surface area contributed by atoms with Gasteiger partial charge in [-0.05, 0) is 24.3 Å². The van der Waals surface area contributed by atoms with Crippen molar-refractivity contribution in [1.82, 2.24) is 34.3 Å². The lowest BCUT2D eigenvalue weighted by Gasteiger charge is -2.11. The van der Waals surface area contributed by atoms with E-state index in [2.05, 4.69) is 25.4 Å².